The Bertz CT molecular complexity index is 628. The highest BCUT2D eigenvalue weighted by Crippen LogP contribution is 2.48. The molecule has 2 saturated heterocycles. The molecule has 2 aliphatic rings. The quantitative estimate of drug-likeness (QED) is 0.911. The summed E-state index contributed by atoms with van der Waals surface area (Å²) in [6, 6.07) is 7.49. The molecule has 0 aliphatic carbocycles. The van der Waals surface area contributed by atoms with E-state index >= 15 is 0 Å². The van der Waals surface area contributed by atoms with Gasteiger partial charge in [0.05, 0.1) is 31.6 Å². The minimum absolute atomic E-state index is 0.0456. The molecule has 2 aliphatic heterocycles. The largest absolute Gasteiger partial charge is 0.479 e. The Kier molecular flexibility index (Phi) is 3.44. The van der Waals surface area contributed by atoms with Crippen molar-refractivity contribution in [3.8, 4) is 0 Å². The molecule has 1 aromatic carbocycles. The Morgan fingerprint density at radius 1 is 1.32 bits per heavy atom. The summed E-state index contributed by atoms with van der Waals surface area (Å²) in [5.74, 6) is -1.76. The second kappa shape index (κ2) is 5.05. The van der Waals surface area contributed by atoms with Crippen molar-refractivity contribution >= 4 is 11.9 Å². The SMILES string of the molecule is Cc1ccccc1CC(=O)N1CC2(COC2)[C@@](F)(C(=O)O)C1. The fraction of sp³-hybridized carbons (Fsp3) is 0.500. The van der Waals surface area contributed by atoms with Gasteiger partial charge in [-0.25, -0.2) is 9.18 Å². The van der Waals surface area contributed by atoms with E-state index in [9.17, 15) is 19.1 Å². The highest BCUT2D eigenvalue weighted by Gasteiger charge is 2.68. The van der Waals surface area contributed by atoms with E-state index in [2.05, 4.69) is 0 Å². The second-order valence-corrected chi connectivity index (χ2v) is 6.23. The number of nitrogens with zero attached hydrogens (tertiary/aromatic N) is 1. The third kappa shape index (κ3) is 2.09. The summed E-state index contributed by atoms with van der Waals surface area (Å²) < 4.78 is 19.9. The molecule has 0 bridgehead atoms. The number of rotatable bonds is 3. The molecule has 0 unspecified atom stereocenters. The van der Waals surface area contributed by atoms with Crippen LogP contribution in [0.1, 0.15) is 11.1 Å². The lowest BCUT2D eigenvalue weighted by atomic mass is 9.74. The van der Waals surface area contributed by atoms with E-state index in [0.717, 1.165) is 11.1 Å². The van der Waals surface area contributed by atoms with Gasteiger partial charge in [0, 0.05) is 6.54 Å². The van der Waals surface area contributed by atoms with Gasteiger partial charge in [-0.3, -0.25) is 4.79 Å². The molecule has 1 spiro atoms. The highest BCUT2D eigenvalue weighted by molar-refractivity contribution is 5.85. The van der Waals surface area contributed by atoms with Crippen LogP contribution in [-0.4, -0.2) is 53.9 Å². The number of carboxylic acid groups (broad SMARTS) is 1. The molecule has 1 atom stereocenters. The molecule has 2 heterocycles. The number of amides is 1. The molecule has 0 radical (unpaired) electrons. The molecule has 1 N–H and O–H groups in total. The van der Waals surface area contributed by atoms with E-state index in [4.69, 9.17) is 4.74 Å². The van der Waals surface area contributed by atoms with Gasteiger partial charge in [-0.05, 0) is 18.1 Å². The predicted molar refractivity (Wildman–Crippen MR) is 76.2 cm³/mol. The standard InChI is InChI=1S/C16H18FNO4/c1-11-4-2-3-5-12(11)6-13(19)18-7-15(9-22-10-15)16(17,8-18)14(20)21/h2-5H,6-10H2,1H3,(H,20,21)/t16-/m0/s1. The van der Waals surface area contributed by atoms with Gasteiger partial charge in [-0.1, -0.05) is 24.3 Å². The number of likely N-dealkylation sites (tertiary alicyclic amines) is 1. The van der Waals surface area contributed by atoms with Crippen molar-refractivity contribution in [2.24, 2.45) is 5.41 Å². The summed E-state index contributed by atoms with van der Waals surface area (Å²) in [6.45, 7) is 1.69. The third-order valence-electron chi connectivity index (χ3n) is 4.79. The fourth-order valence-electron chi connectivity index (χ4n) is 3.20. The first-order valence-electron chi connectivity index (χ1n) is 7.20. The lowest BCUT2D eigenvalue weighted by Crippen LogP contribution is -2.60. The smallest absolute Gasteiger partial charge is 0.344 e. The van der Waals surface area contributed by atoms with Crippen LogP contribution >= 0.6 is 0 Å². The topological polar surface area (TPSA) is 66.8 Å². The van der Waals surface area contributed by atoms with Crippen LogP contribution in [0.2, 0.25) is 0 Å². The van der Waals surface area contributed by atoms with Crippen LogP contribution in [-0.2, 0) is 20.7 Å². The van der Waals surface area contributed by atoms with E-state index < -0.39 is 23.6 Å². The van der Waals surface area contributed by atoms with Crippen LogP contribution in [0.4, 0.5) is 4.39 Å². The Hall–Kier alpha value is -1.95. The van der Waals surface area contributed by atoms with Gasteiger partial charge in [0.1, 0.15) is 0 Å². The maximum absolute atomic E-state index is 14.9. The summed E-state index contributed by atoms with van der Waals surface area (Å²) in [4.78, 5) is 25.1. The molecular weight excluding hydrogens is 289 g/mol. The van der Waals surface area contributed by atoms with Crippen LogP contribution in [0.3, 0.4) is 0 Å². The van der Waals surface area contributed by atoms with Gasteiger partial charge in [-0.15, -0.1) is 0 Å². The fourth-order valence-corrected chi connectivity index (χ4v) is 3.20. The van der Waals surface area contributed by atoms with Crippen molar-refractivity contribution in [3.63, 3.8) is 0 Å². The Labute approximate surface area is 127 Å². The first kappa shape index (κ1) is 15.0. The molecule has 5 nitrogen and oxygen atoms in total. The average molecular weight is 307 g/mol. The third-order valence-corrected chi connectivity index (χ3v) is 4.79. The minimum atomic E-state index is -2.42. The number of hydrogen-bond acceptors (Lipinski definition) is 3. The van der Waals surface area contributed by atoms with Crippen molar-refractivity contribution in [1.29, 1.82) is 0 Å². The van der Waals surface area contributed by atoms with Crippen molar-refractivity contribution < 1.29 is 23.8 Å². The van der Waals surface area contributed by atoms with Gasteiger partial charge >= 0.3 is 5.97 Å². The van der Waals surface area contributed by atoms with E-state index in [0.29, 0.717) is 0 Å². The number of alkyl halides is 1. The average Bonchev–Trinajstić information content (AvgIpc) is 2.77. The van der Waals surface area contributed by atoms with Crippen LogP contribution in [0.15, 0.2) is 24.3 Å². The van der Waals surface area contributed by atoms with Gasteiger partial charge in [0.2, 0.25) is 11.6 Å². The monoisotopic (exact) mass is 307 g/mol. The van der Waals surface area contributed by atoms with Crippen molar-refractivity contribution in [2.75, 3.05) is 26.3 Å². The van der Waals surface area contributed by atoms with Crippen molar-refractivity contribution in [2.45, 2.75) is 19.0 Å². The maximum Gasteiger partial charge on any atom is 0.344 e. The van der Waals surface area contributed by atoms with E-state index in [1.807, 2.05) is 31.2 Å². The van der Waals surface area contributed by atoms with E-state index in [-0.39, 0.29) is 32.1 Å². The molecule has 3 rings (SSSR count). The van der Waals surface area contributed by atoms with E-state index in [1.54, 1.807) is 0 Å². The molecule has 22 heavy (non-hydrogen) atoms. The number of ether oxygens (including phenoxy) is 1. The zero-order chi connectivity index (χ0) is 16.0. The highest BCUT2D eigenvalue weighted by atomic mass is 19.1. The molecule has 1 aromatic rings. The lowest BCUT2D eigenvalue weighted by Gasteiger charge is -2.43. The van der Waals surface area contributed by atoms with Crippen LogP contribution in [0, 0.1) is 12.3 Å². The zero-order valence-corrected chi connectivity index (χ0v) is 12.3. The van der Waals surface area contributed by atoms with Crippen LogP contribution < -0.4 is 0 Å². The number of benzene rings is 1. The Morgan fingerprint density at radius 2 is 2.00 bits per heavy atom. The summed E-state index contributed by atoms with van der Waals surface area (Å²) in [6.07, 6.45) is 0.152. The molecule has 118 valence electrons. The predicted octanol–water partition coefficient (Wildman–Crippen LogP) is 1.19. The first-order valence-corrected chi connectivity index (χ1v) is 7.20. The Morgan fingerprint density at radius 3 is 2.50 bits per heavy atom. The number of carboxylic acids is 1. The van der Waals surface area contributed by atoms with Gasteiger partial charge in [0.15, 0.2) is 0 Å². The number of aliphatic carboxylic acids is 1. The summed E-state index contributed by atoms with van der Waals surface area (Å²) >= 11 is 0. The molecule has 6 heteroatoms. The molecule has 0 aromatic heterocycles. The summed E-state index contributed by atoms with van der Waals surface area (Å²) in [5, 5.41) is 9.24. The van der Waals surface area contributed by atoms with Crippen molar-refractivity contribution in [1.82, 2.24) is 4.90 Å². The van der Waals surface area contributed by atoms with Gasteiger partial charge in [-0.2, -0.15) is 0 Å². The van der Waals surface area contributed by atoms with Gasteiger partial charge in [0.25, 0.3) is 0 Å². The zero-order valence-electron chi connectivity index (χ0n) is 12.3. The number of hydrogen-bond donors (Lipinski definition) is 1. The molecule has 2 fully saturated rings. The second-order valence-electron chi connectivity index (χ2n) is 6.23. The van der Waals surface area contributed by atoms with E-state index in [1.165, 1.54) is 4.90 Å². The summed E-state index contributed by atoms with van der Waals surface area (Å²) in [5.41, 5.74) is -1.66. The number of carbonyl (C=O) groups excluding carboxylic acids is 1. The van der Waals surface area contributed by atoms with Gasteiger partial charge < -0.3 is 14.7 Å². The molecule has 0 saturated carbocycles. The normalized spacial score (nSPS) is 26.0. The van der Waals surface area contributed by atoms with Crippen LogP contribution in [0.25, 0.3) is 0 Å². The first-order chi connectivity index (χ1) is 10.4. The number of halogens is 1. The number of aryl methyl sites for hydroxylation is 1. The maximum atomic E-state index is 14.9. The summed E-state index contributed by atoms with van der Waals surface area (Å²) in [7, 11) is 0. The minimum Gasteiger partial charge on any atom is -0.479 e. The lowest BCUT2D eigenvalue weighted by molar-refractivity contribution is -0.192. The van der Waals surface area contributed by atoms with Crippen molar-refractivity contribution in [3.05, 3.63) is 35.4 Å². The molecular formula is C16H18FNO4. The Balaban J connectivity index is 1.78. The molecule has 1 amide bonds. The number of carbonyl (C=O) groups is 2. The van der Waals surface area contributed by atoms with Crippen LogP contribution in [0.5, 0.6) is 0 Å².